The normalized spacial score (nSPS) is 21.1. The maximum Gasteiger partial charge on any atom is 0.372 e. The van der Waals surface area contributed by atoms with Gasteiger partial charge in [0.05, 0.1) is 6.26 Å². The molecule has 2 rings (SSSR count). The molecular weight excluding hydrogens is 232 g/mol. The van der Waals surface area contributed by atoms with E-state index in [0.29, 0.717) is 12.5 Å². The van der Waals surface area contributed by atoms with Gasteiger partial charge >= 0.3 is 5.97 Å². The van der Waals surface area contributed by atoms with Gasteiger partial charge in [-0.05, 0) is 45.0 Å². The fourth-order valence-corrected chi connectivity index (χ4v) is 2.64. The second kappa shape index (κ2) is 6.02. The van der Waals surface area contributed by atoms with Gasteiger partial charge in [-0.25, -0.2) is 4.79 Å². The number of nitrogens with one attached hydrogen (secondary N) is 1. The molecule has 2 heterocycles. The number of hydrogen-bond acceptors (Lipinski definition) is 4. The van der Waals surface area contributed by atoms with Gasteiger partial charge in [-0.2, -0.15) is 0 Å². The summed E-state index contributed by atoms with van der Waals surface area (Å²) >= 11 is 0. The van der Waals surface area contributed by atoms with Gasteiger partial charge in [0.15, 0.2) is 0 Å². The topological polar surface area (TPSA) is 65.7 Å². The first-order valence-corrected chi connectivity index (χ1v) is 6.37. The number of carbonyl (C=O) groups is 1. The van der Waals surface area contributed by atoms with Crippen molar-refractivity contribution in [2.75, 3.05) is 26.7 Å². The van der Waals surface area contributed by atoms with E-state index in [0.717, 1.165) is 25.2 Å². The first-order valence-electron chi connectivity index (χ1n) is 6.37. The largest absolute Gasteiger partial charge is 0.475 e. The first kappa shape index (κ1) is 13.1. The summed E-state index contributed by atoms with van der Waals surface area (Å²) < 4.78 is 5.00. The van der Waals surface area contributed by atoms with Crippen molar-refractivity contribution in [2.45, 2.75) is 19.4 Å². The Morgan fingerprint density at radius 3 is 3.22 bits per heavy atom. The second-order valence-electron chi connectivity index (χ2n) is 4.88. The Labute approximate surface area is 107 Å². The third-order valence-corrected chi connectivity index (χ3v) is 3.43. The van der Waals surface area contributed by atoms with Crippen LogP contribution in [-0.2, 0) is 6.54 Å². The van der Waals surface area contributed by atoms with Crippen molar-refractivity contribution in [3.8, 4) is 0 Å². The van der Waals surface area contributed by atoms with E-state index < -0.39 is 5.97 Å². The van der Waals surface area contributed by atoms with Crippen molar-refractivity contribution in [3.05, 3.63) is 23.7 Å². The van der Waals surface area contributed by atoms with Gasteiger partial charge in [0, 0.05) is 18.7 Å². The van der Waals surface area contributed by atoms with Crippen LogP contribution in [0, 0.1) is 5.92 Å². The third kappa shape index (κ3) is 3.11. The van der Waals surface area contributed by atoms with Crippen LogP contribution in [0.4, 0.5) is 0 Å². The Balaban J connectivity index is 1.96. The monoisotopic (exact) mass is 252 g/mol. The van der Waals surface area contributed by atoms with Crippen molar-refractivity contribution in [1.82, 2.24) is 10.2 Å². The molecule has 1 saturated heterocycles. The summed E-state index contributed by atoms with van der Waals surface area (Å²) in [6, 6.07) is 1.76. The molecule has 1 aliphatic heterocycles. The van der Waals surface area contributed by atoms with E-state index in [1.807, 2.05) is 7.05 Å². The van der Waals surface area contributed by atoms with Gasteiger partial charge in [0.2, 0.25) is 5.76 Å². The van der Waals surface area contributed by atoms with Crippen molar-refractivity contribution in [1.29, 1.82) is 0 Å². The van der Waals surface area contributed by atoms with Gasteiger partial charge in [-0.3, -0.25) is 4.90 Å². The average molecular weight is 252 g/mol. The molecule has 1 fully saturated rings. The molecule has 1 atom stereocenters. The number of carboxylic acid groups (broad SMARTS) is 1. The summed E-state index contributed by atoms with van der Waals surface area (Å²) in [5.41, 5.74) is 0.771. The van der Waals surface area contributed by atoms with E-state index in [2.05, 4.69) is 10.2 Å². The molecule has 0 saturated carbocycles. The lowest BCUT2D eigenvalue weighted by Crippen LogP contribution is -2.38. The molecular formula is C13H20N2O3. The zero-order chi connectivity index (χ0) is 13.0. The minimum atomic E-state index is -0.987. The highest BCUT2D eigenvalue weighted by Gasteiger charge is 2.22. The van der Waals surface area contributed by atoms with Crippen LogP contribution in [0.5, 0.6) is 0 Å². The molecule has 5 heteroatoms. The number of hydrogen-bond donors (Lipinski definition) is 2. The van der Waals surface area contributed by atoms with Crippen LogP contribution < -0.4 is 5.32 Å². The molecule has 1 unspecified atom stereocenters. The number of carboxylic acids is 1. The number of likely N-dealkylation sites (tertiary alicyclic amines) is 1. The van der Waals surface area contributed by atoms with Crippen molar-refractivity contribution in [3.63, 3.8) is 0 Å². The van der Waals surface area contributed by atoms with Crippen LogP contribution in [-0.4, -0.2) is 42.7 Å². The molecule has 1 aromatic rings. The smallest absolute Gasteiger partial charge is 0.372 e. The Kier molecular flexibility index (Phi) is 4.38. The Morgan fingerprint density at radius 1 is 1.67 bits per heavy atom. The van der Waals surface area contributed by atoms with Crippen LogP contribution in [0.25, 0.3) is 0 Å². The zero-order valence-corrected chi connectivity index (χ0v) is 10.7. The number of nitrogens with zero attached hydrogens (tertiary/aromatic N) is 1. The van der Waals surface area contributed by atoms with Crippen LogP contribution in [0.15, 0.2) is 16.7 Å². The SMILES string of the molecule is CNCC1CCCN(Cc2ccoc2C(=O)O)C1. The highest BCUT2D eigenvalue weighted by atomic mass is 16.4. The molecule has 0 spiro atoms. The molecule has 0 amide bonds. The van der Waals surface area contributed by atoms with Crippen molar-refractivity contribution in [2.24, 2.45) is 5.92 Å². The van der Waals surface area contributed by atoms with Gasteiger partial charge in [-0.1, -0.05) is 0 Å². The van der Waals surface area contributed by atoms with E-state index in [1.165, 1.54) is 19.1 Å². The Morgan fingerprint density at radius 2 is 2.50 bits per heavy atom. The molecule has 0 radical (unpaired) electrons. The minimum absolute atomic E-state index is 0.0748. The highest BCUT2D eigenvalue weighted by Crippen LogP contribution is 2.20. The quantitative estimate of drug-likeness (QED) is 0.829. The van der Waals surface area contributed by atoms with E-state index in [4.69, 9.17) is 9.52 Å². The van der Waals surface area contributed by atoms with Crippen LogP contribution in [0.1, 0.15) is 29.0 Å². The molecule has 0 aliphatic carbocycles. The molecule has 1 aromatic heterocycles. The maximum absolute atomic E-state index is 11.0. The van der Waals surface area contributed by atoms with Gasteiger partial charge in [0.25, 0.3) is 0 Å². The summed E-state index contributed by atoms with van der Waals surface area (Å²) in [5.74, 6) is -0.256. The molecule has 18 heavy (non-hydrogen) atoms. The summed E-state index contributed by atoms with van der Waals surface area (Å²) in [5, 5.41) is 12.2. The summed E-state index contributed by atoms with van der Waals surface area (Å²) in [6.45, 7) is 3.74. The number of furan rings is 1. The van der Waals surface area contributed by atoms with E-state index in [9.17, 15) is 4.79 Å². The summed E-state index contributed by atoms with van der Waals surface area (Å²) in [6.07, 6.45) is 3.87. The minimum Gasteiger partial charge on any atom is -0.475 e. The fraction of sp³-hybridized carbons (Fsp3) is 0.615. The Bertz CT molecular complexity index is 401. The Hall–Kier alpha value is -1.33. The van der Waals surface area contributed by atoms with Crippen LogP contribution in [0.3, 0.4) is 0 Å². The lowest BCUT2D eigenvalue weighted by Gasteiger charge is -2.32. The fourth-order valence-electron chi connectivity index (χ4n) is 2.64. The average Bonchev–Trinajstić information content (AvgIpc) is 2.78. The van der Waals surface area contributed by atoms with Crippen molar-refractivity contribution >= 4 is 5.97 Å². The zero-order valence-electron chi connectivity index (χ0n) is 10.7. The number of piperidine rings is 1. The second-order valence-corrected chi connectivity index (χ2v) is 4.88. The van der Waals surface area contributed by atoms with E-state index in [1.54, 1.807) is 6.07 Å². The molecule has 0 bridgehead atoms. The van der Waals surface area contributed by atoms with Crippen molar-refractivity contribution < 1.29 is 14.3 Å². The van der Waals surface area contributed by atoms with Crippen LogP contribution >= 0.6 is 0 Å². The predicted octanol–water partition coefficient (Wildman–Crippen LogP) is 1.41. The number of aromatic carboxylic acids is 1. The highest BCUT2D eigenvalue weighted by molar-refractivity contribution is 5.86. The predicted molar refractivity (Wildman–Crippen MR) is 67.6 cm³/mol. The van der Waals surface area contributed by atoms with Gasteiger partial charge in [0.1, 0.15) is 0 Å². The third-order valence-electron chi connectivity index (χ3n) is 3.43. The summed E-state index contributed by atoms with van der Waals surface area (Å²) in [7, 11) is 1.97. The van der Waals surface area contributed by atoms with Gasteiger partial charge in [-0.15, -0.1) is 0 Å². The molecule has 5 nitrogen and oxygen atoms in total. The molecule has 1 aliphatic rings. The van der Waals surface area contributed by atoms with Gasteiger partial charge < -0.3 is 14.8 Å². The molecule has 100 valence electrons. The van der Waals surface area contributed by atoms with E-state index >= 15 is 0 Å². The standard InChI is InChI=1S/C13H20N2O3/c1-14-7-10-3-2-5-15(8-10)9-11-4-6-18-12(11)13(16)17/h4,6,10,14H,2-3,5,7-9H2,1H3,(H,16,17). The van der Waals surface area contributed by atoms with Crippen LogP contribution in [0.2, 0.25) is 0 Å². The first-order chi connectivity index (χ1) is 8.70. The molecule has 0 aromatic carbocycles. The van der Waals surface area contributed by atoms with E-state index in [-0.39, 0.29) is 5.76 Å². The summed E-state index contributed by atoms with van der Waals surface area (Å²) in [4.78, 5) is 13.3. The molecule has 2 N–H and O–H groups in total. The lowest BCUT2D eigenvalue weighted by molar-refractivity contribution is 0.0658. The lowest BCUT2D eigenvalue weighted by atomic mass is 9.97. The maximum atomic E-state index is 11.0. The number of rotatable bonds is 5.